The van der Waals surface area contributed by atoms with Crippen molar-refractivity contribution in [2.75, 3.05) is 13.2 Å². The second kappa shape index (κ2) is 14.6. The zero-order valence-corrected chi connectivity index (χ0v) is 21.7. The summed E-state index contributed by atoms with van der Waals surface area (Å²) in [6.07, 6.45) is 8.52. The van der Waals surface area contributed by atoms with Crippen molar-refractivity contribution in [3.05, 3.63) is 49.1 Å². The molecule has 2 rings (SSSR count). The Balaban J connectivity index is 0.000000391. The van der Waals surface area contributed by atoms with Crippen LogP contribution in [0.15, 0.2) is 49.1 Å². The Labute approximate surface area is 225 Å². The third-order valence-corrected chi connectivity index (χ3v) is 6.73. The monoisotopic (exact) mass is 550 g/mol. The first-order chi connectivity index (χ1) is 18.2. The van der Waals surface area contributed by atoms with Crippen LogP contribution in [0.5, 0.6) is 0 Å². The highest BCUT2D eigenvalue weighted by Crippen LogP contribution is 2.41. The van der Waals surface area contributed by atoms with E-state index in [1.165, 1.54) is 19.1 Å². The van der Waals surface area contributed by atoms with Gasteiger partial charge in [0.2, 0.25) is 0 Å². The maximum absolute atomic E-state index is 11.5. The van der Waals surface area contributed by atoms with E-state index in [0.717, 1.165) is 6.08 Å². The van der Waals surface area contributed by atoms with Crippen molar-refractivity contribution in [1.82, 2.24) is 0 Å². The molecule has 0 aromatic carbocycles. The molecule has 0 aliphatic heterocycles. The van der Waals surface area contributed by atoms with Crippen molar-refractivity contribution in [2.45, 2.75) is 45.4 Å². The molecule has 0 fully saturated rings. The van der Waals surface area contributed by atoms with Crippen LogP contribution >= 0.6 is 0 Å². The number of hydrogen-bond acceptors (Lipinski definition) is 8. The third-order valence-electron chi connectivity index (χ3n) is 6.73. The van der Waals surface area contributed by atoms with Crippen molar-refractivity contribution in [1.29, 1.82) is 0 Å². The topological polar surface area (TPSA) is 202 Å². The smallest absolute Gasteiger partial charge is 0.333 e. The average molecular weight is 551 g/mol. The van der Waals surface area contributed by atoms with Gasteiger partial charge in [-0.1, -0.05) is 37.5 Å². The van der Waals surface area contributed by atoms with Gasteiger partial charge in [-0.05, 0) is 32.6 Å². The molecule has 4 unspecified atom stereocenters. The van der Waals surface area contributed by atoms with E-state index in [1.807, 2.05) is 0 Å². The molecule has 4 N–H and O–H groups in total. The summed E-state index contributed by atoms with van der Waals surface area (Å²) < 4.78 is 9.63. The fourth-order valence-corrected chi connectivity index (χ4v) is 4.53. The largest absolute Gasteiger partial charge is 0.481 e. The summed E-state index contributed by atoms with van der Waals surface area (Å²) in [5.41, 5.74) is -2.84. The molecular weight excluding hydrogens is 516 g/mol. The van der Waals surface area contributed by atoms with Crippen LogP contribution in [0.1, 0.15) is 45.4 Å². The lowest BCUT2D eigenvalue weighted by Gasteiger charge is -2.34. The van der Waals surface area contributed by atoms with Crippen LogP contribution in [-0.2, 0) is 38.2 Å². The van der Waals surface area contributed by atoms with E-state index in [-0.39, 0.29) is 44.5 Å². The molecule has 0 heterocycles. The van der Waals surface area contributed by atoms with Crippen LogP contribution in [0, 0.1) is 22.7 Å². The molecule has 12 nitrogen and oxygen atoms in total. The van der Waals surface area contributed by atoms with Crippen LogP contribution in [0.2, 0.25) is 0 Å². The zero-order valence-electron chi connectivity index (χ0n) is 21.7. The van der Waals surface area contributed by atoms with Crippen molar-refractivity contribution in [3.8, 4) is 0 Å². The number of ether oxygens (including phenoxy) is 2. The minimum atomic E-state index is -1.53. The molecule has 39 heavy (non-hydrogen) atoms. The van der Waals surface area contributed by atoms with Crippen LogP contribution in [0.3, 0.4) is 0 Å². The van der Waals surface area contributed by atoms with Gasteiger partial charge in [0.15, 0.2) is 0 Å². The lowest BCUT2D eigenvalue weighted by molar-refractivity contribution is -0.162. The molecule has 12 heteroatoms. The van der Waals surface area contributed by atoms with E-state index >= 15 is 0 Å². The molecule has 0 bridgehead atoms. The van der Waals surface area contributed by atoms with E-state index < -0.39 is 58.5 Å². The number of carbonyl (C=O) groups excluding carboxylic acids is 2. The minimum Gasteiger partial charge on any atom is -0.481 e. The lowest BCUT2D eigenvalue weighted by Crippen LogP contribution is -2.43. The Kier molecular flexibility index (Phi) is 12.3. The predicted molar refractivity (Wildman–Crippen MR) is 135 cm³/mol. The van der Waals surface area contributed by atoms with Crippen molar-refractivity contribution in [2.24, 2.45) is 22.7 Å². The van der Waals surface area contributed by atoms with Gasteiger partial charge >= 0.3 is 35.8 Å². The Morgan fingerprint density at radius 1 is 0.821 bits per heavy atom. The fourth-order valence-electron chi connectivity index (χ4n) is 4.53. The Bertz CT molecular complexity index is 1050. The molecule has 0 aromatic heterocycles. The van der Waals surface area contributed by atoms with Gasteiger partial charge in [0.05, 0.1) is 25.0 Å². The Hall–Kier alpha value is -4.22. The van der Waals surface area contributed by atoms with Gasteiger partial charge < -0.3 is 29.9 Å². The van der Waals surface area contributed by atoms with Gasteiger partial charge in [0.25, 0.3) is 0 Å². The quantitative estimate of drug-likeness (QED) is 0.157. The molecule has 0 saturated heterocycles. The second-order valence-electron chi connectivity index (χ2n) is 9.22. The molecule has 0 spiro atoms. The molecule has 0 aromatic rings. The third kappa shape index (κ3) is 8.39. The summed E-state index contributed by atoms with van der Waals surface area (Å²) in [6, 6.07) is 0. The minimum absolute atomic E-state index is 0.0740. The number of esters is 2. The number of carbonyl (C=O) groups is 6. The first kappa shape index (κ1) is 32.8. The van der Waals surface area contributed by atoms with E-state index in [0.29, 0.717) is 12.8 Å². The summed E-state index contributed by atoms with van der Waals surface area (Å²) in [5, 5.41) is 37.1. The number of carboxylic acid groups (broad SMARTS) is 4. The number of rotatable bonds is 12. The Morgan fingerprint density at radius 2 is 1.23 bits per heavy atom. The van der Waals surface area contributed by atoms with Gasteiger partial charge in [-0.15, -0.1) is 0 Å². The number of aliphatic carboxylic acids is 4. The molecule has 2 aliphatic rings. The average Bonchev–Trinajstić information content (AvgIpc) is 2.88. The SMILES string of the molecule is C=C(C)C(=O)OCCC1(C(=O)O)C=CCCC1C(=O)O.C=CC(=O)OCCC1(C(=O)O)C=CCCC1C(=O)O. The second-order valence-corrected chi connectivity index (χ2v) is 9.22. The van der Waals surface area contributed by atoms with Crippen LogP contribution in [0.4, 0.5) is 0 Å². The first-order valence-corrected chi connectivity index (χ1v) is 12.1. The molecule has 0 radical (unpaired) electrons. The maximum atomic E-state index is 11.5. The normalized spacial score (nSPS) is 25.3. The Morgan fingerprint density at radius 3 is 1.56 bits per heavy atom. The molecule has 4 atom stereocenters. The van der Waals surface area contributed by atoms with Crippen LogP contribution in [0.25, 0.3) is 0 Å². The van der Waals surface area contributed by atoms with E-state index in [9.17, 15) is 44.1 Å². The van der Waals surface area contributed by atoms with Crippen molar-refractivity contribution < 1.29 is 58.7 Å². The predicted octanol–water partition coefficient (Wildman–Crippen LogP) is 2.85. The summed E-state index contributed by atoms with van der Waals surface area (Å²) in [5.74, 6) is -8.04. The van der Waals surface area contributed by atoms with Gasteiger partial charge in [0, 0.05) is 24.5 Å². The maximum Gasteiger partial charge on any atom is 0.333 e. The lowest BCUT2D eigenvalue weighted by atomic mass is 9.68. The van der Waals surface area contributed by atoms with E-state index in [4.69, 9.17) is 14.6 Å². The number of carboxylic acids is 4. The summed E-state index contributed by atoms with van der Waals surface area (Å²) in [6.45, 7) is 7.80. The van der Waals surface area contributed by atoms with Gasteiger partial charge in [-0.3, -0.25) is 19.2 Å². The molecule has 0 amide bonds. The van der Waals surface area contributed by atoms with E-state index in [1.54, 1.807) is 12.2 Å². The summed E-state index contributed by atoms with van der Waals surface area (Å²) in [7, 11) is 0. The zero-order chi connectivity index (χ0) is 29.8. The van der Waals surface area contributed by atoms with Crippen LogP contribution < -0.4 is 0 Å². The number of allylic oxidation sites excluding steroid dienone is 2. The van der Waals surface area contributed by atoms with Gasteiger partial charge in [-0.25, -0.2) is 9.59 Å². The molecule has 214 valence electrons. The molecular formula is C27H34O12. The first-order valence-electron chi connectivity index (χ1n) is 12.1. The summed E-state index contributed by atoms with van der Waals surface area (Å²) >= 11 is 0. The highest BCUT2D eigenvalue weighted by Gasteiger charge is 2.49. The van der Waals surface area contributed by atoms with Crippen LogP contribution in [-0.4, -0.2) is 69.5 Å². The summed E-state index contributed by atoms with van der Waals surface area (Å²) in [4.78, 5) is 67.6. The number of hydrogen-bond donors (Lipinski definition) is 4. The molecule has 0 saturated carbocycles. The van der Waals surface area contributed by atoms with Gasteiger partial charge in [-0.2, -0.15) is 0 Å². The van der Waals surface area contributed by atoms with E-state index in [2.05, 4.69) is 13.2 Å². The highest BCUT2D eigenvalue weighted by atomic mass is 16.5. The van der Waals surface area contributed by atoms with Crippen molar-refractivity contribution >= 4 is 35.8 Å². The van der Waals surface area contributed by atoms with Gasteiger partial charge in [0.1, 0.15) is 10.8 Å². The highest BCUT2D eigenvalue weighted by molar-refractivity contribution is 5.88. The van der Waals surface area contributed by atoms with Crippen molar-refractivity contribution in [3.63, 3.8) is 0 Å². The standard InChI is InChI=1S/C14H18O6.C13H16O6/c1-9(2)12(17)20-8-7-14(13(18)19)6-4-3-5-10(14)11(15)16;1-2-10(14)19-8-7-13(12(17)18)6-4-3-5-9(13)11(15)16/h4,6,10H,1,3,5,7-8H2,2H3,(H,15,16)(H,18,19);2,4,6,9H,1,3,5,7-8H2,(H,15,16)(H,17,18). The molecule has 2 aliphatic carbocycles. The fraction of sp³-hybridized carbons (Fsp3) is 0.481.